The molecule has 0 aromatic heterocycles. The molecule has 0 saturated carbocycles. The summed E-state index contributed by atoms with van der Waals surface area (Å²) >= 11 is 0. The second kappa shape index (κ2) is 58.7. The Bertz CT molecular complexity index is 724. The second-order valence-corrected chi connectivity index (χ2v) is 15.2. The third-order valence-electron chi connectivity index (χ3n) is 9.33. The number of rotatable bonds is 23. The van der Waals surface area contributed by atoms with Gasteiger partial charge in [0, 0.05) is 0 Å². The highest BCUT2D eigenvalue weighted by atomic mass is 14.1. The van der Waals surface area contributed by atoms with E-state index in [1.807, 2.05) is 6.08 Å². The molecule has 312 valence electrons. The summed E-state index contributed by atoms with van der Waals surface area (Å²) < 4.78 is 0. The molecular weight excluding hydrogens is 625 g/mol. The van der Waals surface area contributed by atoms with Crippen molar-refractivity contribution in [2.75, 3.05) is 0 Å². The summed E-state index contributed by atoms with van der Waals surface area (Å²) in [6.07, 6.45) is 45.2. The first-order chi connectivity index (χ1) is 24.9. The van der Waals surface area contributed by atoms with E-state index in [0.29, 0.717) is 0 Å². The van der Waals surface area contributed by atoms with E-state index >= 15 is 0 Å². The average Bonchev–Trinajstić information content (AvgIpc) is 3.14. The minimum Gasteiger partial charge on any atom is -0.103 e. The van der Waals surface area contributed by atoms with Crippen molar-refractivity contribution in [3.8, 4) is 0 Å². The van der Waals surface area contributed by atoms with Gasteiger partial charge in [-0.2, -0.15) is 0 Å². The van der Waals surface area contributed by atoms with Crippen LogP contribution in [0.25, 0.3) is 0 Å². The molecule has 0 heteroatoms. The van der Waals surface area contributed by atoms with Crippen LogP contribution >= 0.6 is 0 Å². The van der Waals surface area contributed by atoms with Crippen LogP contribution in [0.5, 0.6) is 0 Å². The van der Waals surface area contributed by atoms with E-state index in [9.17, 15) is 0 Å². The molecule has 52 heavy (non-hydrogen) atoms. The van der Waals surface area contributed by atoms with E-state index in [1.54, 1.807) is 0 Å². The SMILES string of the molecule is C/C=C(\C)CC(C)C.C/C=C/CCC.C/C=C/CCC.C/C=C/CCC(CC)CC.C/C=C/CCC(CC)CCCC.C=CC[C@H](C)C[C@@H](C)CC. The van der Waals surface area contributed by atoms with Gasteiger partial charge in [0.05, 0.1) is 0 Å². The van der Waals surface area contributed by atoms with Crippen LogP contribution in [0.1, 0.15) is 233 Å². The Kier molecular flexibility index (Phi) is 70.5. The van der Waals surface area contributed by atoms with Crippen LogP contribution in [-0.2, 0) is 0 Å². The number of unbranched alkanes of at least 4 members (excludes halogenated alkanes) is 3. The molecule has 0 aliphatic heterocycles. The largest absolute Gasteiger partial charge is 0.103 e. The molecule has 0 saturated heterocycles. The number of hydrogen-bond acceptors (Lipinski definition) is 0. The van der Waals surface area contributed by atoms with Crippen molar-refractivity contribution >= 4 is 0 Å². The zero-order valence-corrected chi connectivity index (χ0v) is 39.6. The Morgan fingerprint density at radius 2 is 0.942 bits per heavy atom. The molecule has 1 unspecified atom stereocenters. The lowest BCUT2D eigenvalue weighted by atomic mass is 9.93. The molecule has 0 heterocycles. The molecule has 0 radical (unpaired) electrons. The Morgan fingerprint density at radius 1 is 0.519 bits per heavy atom. The summed E-state index contributed by atoms with van der Waals surface area (Å²) in [7, 11) is 0. The zero-order chi connectivity index (χ0) is 41.3. The Balaban J connectivity index is -0.000000124. The number of hydrogen-bond donors (Lipinski definition) is 0. The Hall–Kier alpha value is -1.56. The fraction of sp³-hybridized carbons (Fsp3) is 0.769. The van der Waals surface area contributed by atoms with Crippen molar-refractivity contribution in [1.82, 2.24) is 0 Å². The Morgan fingerprint density at radius 3 is 1.21 bits per heavy atom. The lowest BCUT2D eigenvalue weighted by molar-refractivity contribution is 0.408. The maximum absolute atomic E-state index is 3.73. The topological polar surface area (TPSA) is 0 Å². The van der Waals surface area contributed by atoms with E-state index in [1.165, 1.54) is 121 Å². The normalized spacial score (nSPS) is 12.9. The van der Waals surface area contributed by atoms with Gasteiger partial charge in [0.1, 0.15) is 0 Å². The molecule has 0 aromatic carbocycles. The Labute approximate surface area is 334 Å². The van der Waals surface area contributed by atoms with Crippen LogP contribution < -0.4 is 0 Å². The van der Waals surface area contributed by atoms with Gasteiger partial charge < -0.3 is 0 Å². The summed E-state index contributed by atoms with van der Waals surface area (Å²) in [6.45, 7) is 41.2. The minimum atomic E-state index is 0.811. The molecule has 0 fully saturated rings. The van der Waals surface area contributed by atoms with Gasteiger partial charge in [-0.3, -0.25) is 0 Å². The molecule has 0 nitrogen and oxygen atoms in total. The molecule has 0 rings (SSSR count). The van der Waals surface area contributed by atoms with Crippen molar-refractivity contribution < 1.29 is 0 Å². The van der Waals surface area contributed by atoms with Crippen LogP contribution in [0.4, 0.5) is 0 Å². The molecular formula is C52H104. The summed E-state index contributed by atoms with van der Waals surface area (Å²) in [5.41, 5.74) is 1.50. The van der Waals surface area contributed by atoms with Crippen LogP contribution in [0.15, 0.2) is 72.9 Å². The van der Waals surface area contributed by atoms with Crippen LogP contribution in [0, 0.1) is 29.6 Å². The molecule has 0 aliphatic rings. The fourth-order valence-electron chi connectivity index (χ4n) is 5.40. The third-order valence-corrected chi connectivity index (χ3v) is 9.33. The van der Waals surface area contributed by atoms with Gasteiger partial charge in [0.2, 0.25) is 0 Å². The first-order valence-electron chi connectivity index (χ1n) is 22.6. The first-order valence-corrected chi connectivity index (χ1v) is 22.6. The van der Waals surface area contributed by atoms with Crippen molar-refractivity contribution in [3.63, 3.8) is 0 Å². The summed E-state index contributed by atoms with van der Waals surface area (Å²) in [6, 6.07) is 0. The van der Waals surface area contributed by atoms with E-state index in [0.717, 1.165) is 29.6 Å². The van der Waals surface area contributed by atoms with Crippen LogP contribution in [-0.4, -0.2) is 0 Å². The van der Waals surface area contributed by atoms with Gasteiger partial charge >= 0.3 is 0 Å². The third kappa shape index (κ3) is 70.1. The van der Waals surface area contributed by atoms with Gasteiger partial charge in [0.15, 0.2) is 0 Å². The van der Waals surface area contributed by atoms with Crippen molar-refractivity contribution in [2.24, 2.45) is 29.6 Å². The minimum absolute atomic E-state index is 0.811. The highest BCUT2D eigenvalue weighted by Gasteiger charge is 2.05. The highest BCUT2D eigenvalue weighted by molar-refractivity contribution is 4.95. The van der Waals surface area contributed by atoms with Crippen molar-refractivity contribution in [2.45, 2.75) is 233 Å². The molecule has 0 amide bonds. The predicted octanol–water partition coefficient (Wildman–Crippen LogP) is 19.7. The summed E-state index contributed by atoms with van der Waals surface area (Å²) in [5.74, 6) is 4.45. The maximum atomic E-state index is 3.73. The van der Waals surface area contributed by atoms with Crippen molar-refractivity contribution in [3.05, 3.63) is 72.9 Å². The lowest BCUT2D eigenvalue weighted by Gasteiger charge is -2.13. The fourth-order valence-corrected chi connectivity index (χ4v) is 5.40. The molecule has 0 bridgehead atoms. The van der Waals surface area contributed by atoms with Crippen LogP contribution in [0.3, 0.4) is 0 Å². The second-order valence-electron chi connectivity index (χ2n) is 15.2. The predicted molar refractivity (Wildman–Crippen MR) is 252 cm³/mol. The molecule has 0 spiro atoms. The van der Waals surface area contributed by atoms with Crippen LogP contribution in [0.2, 0.25) is 0 Å². The molecule has 0 N–H and O–H groups in total. The number of allylic oxidation sites excluding steroid dienone is 11. The first kappa shape index (κ1) is 62.4. The smallest absolute Gasteiger partial charge is 0.0300 e. The van der Waals surface area contributed by atoms with E-state index in [-0.39, 0.29) is 0 Å². The summed E-state index contributed by atoms with van der Waals surface area (Å²) in [5, 5.41) is 0. The standard InChI is InChI=1S/C12H24.2C10H20.C8H16.2C6H12/c1-4-7-9-11-12(6-3)10-8-5-2;1-5-7-10(4)8-9(3)6-2;1-4-7-8-9-10(5-2)6-3;1-5-8(4)6-7(2)3;2*1-3-5-6-4-2/h4,7,12H,5-6,8-11H2,1-3H3;5,9-10H,1,6-8H2,2-4H3;4,7,10H,5-6,8-9H2,1-3H3;5,7H,6H2,1-4H3;2*3,5H,4,6H2,1-2H3/b7-4+;;7-4+;8-5+;2*5-3+/t;9-,10-;;;;/m.0..../s1. The van der Waals surface area contributed by atoms with E-state index in [2.05, 4.69) is 179 Å². The zero-order valence-electron chi connectivity index (χ0n) is 39.6. The van der Waals surface area contributed by atoms with E-state index in [4.69, 9.17) is 0 Å². The monoisotopic (exact) mass is 729 g/mol. The average molecular weight is 729 g/mol. The quantitative estimate of drug-likeness (QED) is 0.0919. The molecule has 0 aliphatic carbocycles. The van der Waals surface area contributed by atoms with Crippen molar-refractivity contribution in [1.29, 1.82) is 0 Å². The van der Waals surface area contributed by atoms with Gasteiger partial charge in [-0.05, 0) is 129 Å². The summed E-state index contributed by atoms with van der Waals surface area (Å²) in [4.78, 5) is 0. The van der Waals surface area contributed by atoms with Gasteiger partial charge in [-0.15, -0.1) is 6.58 Å². The van der Waals surface area contributed by atoms with Gasteiger partial charge in [-0.1, -0.05) is 200 Å². The maximum Gasteiger partial charge on any atom is -0.0300 e. The van der Waals surface area contributed by atoms with Gasteiger partial charge in [0.25, 0.3) is 0 Å². The molecule has 0 aromatic rings. The lowest BCUT2D eigenvalue weighted by Crippen LogP contribution is -2.00. The molecule has 3 atom stereocenters. The van der Waals surface area contributed by atoms with E-state index < -0.39 is 0 Å². The van der Waals surface area contributed by atoms with Gasteiger partial charge in [-0.25, -0.2) is 0 Å². The highest BCUT2D eigenvalue weighted by Crippen LogP contribution is 2.19.